The van der Waals surface area contributed by atoms with Crippen molar-refractivity contribution in [3.8, 4) is 5.88 Å². The largest absolute Gasteiger partial charge is 0.480 e. The van der Waals surface area contributed by atoms with E-state index in [1.165, 1.54) is 32.5 Å². The maximum absolute atomic E-state index is 14.5. The van der Waals surface area contributed by atoms with E-state index in [2.05, 4.69) is 30.2 Å². The second kappa shape index (κ2) is 7.44. The molecular formula is C18H18FN7O3S. The summed E-state index contributed by atoms with van der Waals surface area (Å²) < 4.78 is 44.2. The van der Waals surface area contributed by atoms with Crippen molar-refractivity contribution in [2.45, 2.75) is 18.2 Å². The van der Waals surface area contributed by atoms with Gasteiger partial charge in [-0.15, -0.1) is 0 Å². The molecule has 0 spiro atoms. The van der Waals surface area contributed by atoms with E-state index in [0.29, 0.717) is 22.7 Å². The number of rotatable bonds is 4. The second-order valence-electron chi connectivity index (χ2n) is 6.70. The van der Waals surface area contributed by atoms with Crippen LogP contribution in [0, 0.1) is 5.82 Å². The number of halogens is 1. The minimum Gasteiger partial charge on any atom is -0.480 e. The van der Waals surface area contributed by atoms with Crippen LogP contribution in [0.5, 0.6) is 5.88 Å². The van der Waals surface area contributed by atoms with Gasteiger partial charge in [0, 0.05) is 11.8 Å². The zero-order valence-electron chi connectivity index (χ0n) is 16.1. The summed E-state index contributed by atoms with van der Waals surface area (Å²) in [6.45, 7) is 1.46. The highest BCUT2D eigenvalue weighted by atomic mass is 32.2. The molecule has 3 aromatic heterocycles. The fourth-order valence-electron chi connectivity index (χ4n) is 3.05. The van der Waals surface area contributed by atoms with Crippen LogP contribution in [0.1, 0.15) is 18.5 Å². The summed E-state index contributed by atoms with van der Waals surface area (Å²) in [7, 11) is -2.05. The average Bonchev–Trinajstić information content (AvgIpc) is 2.72. The number of aromatic nitrogens is 4. The van der Waals surface area contributed by atoms with Crippen molar-refractivity contribution in [3.63, 3.8) is 0 Å². The summed E-state index contributed by atoms with van der Waals surface area (Å²) in [5.74, 6) is -0.119. The van der Waals surface area contributed by atoms with E-state index >= 15 is 0 Å². The standard InChI is InChI=1S/C18H18FN7O3S/c1-9-17(20)25-13(8-30(9,27)28)10-5-14(22-6-11(10)19)26-18-16-12(3-4-21-18)24-15(29-2)7-23-16/h3-7,9,13H,8H2,1-2H3,(H2,20,25)(H,21,22,26)/t9?,13-/m0/s1. The number of fused-ring (bicyclic) bond motifs is 1. The lowest BCUT2D eigenvalue weighted by molar-refractivity contribution is 0.397. The number of hydrogen-bond donors (Lipinski definition) is 2. The van der Waals surface area contributed by atoms with Crippen molar-refractivity contribution in [2.24, 2.45) is 10.7 Å². The lowest BCUT2D eigenvalue weighted by Crippen LogP contribution is -2.40. The number of sulfone groups is 1. The Morgan fingerprint density at radius 1 is 1.27 bits per heavy atom. The fraction of sp³-hybridized carbons (Fsp3) is 0.278. The Hall–Kier alpha value is -3.41. The number of amidine groups is 1. The summed E-state index contributed by atoms with van der Waals surface area (Å²) in [6, 6.07) is 2.10. The molecule has 30 heavy (non-hydrogen) atoms. The van der Waals surface area contributed by atoms with Crippen LogP contribution < -0.4 is 15.8 Å². The molecule has 4 heterocycles. The molecule has 12 heteroatoms. The maximum atomic E-state index is 14.5. The van der Waals surface area contributed by atoms with E-state index in [4.69, 9.17) is 10.5 Å². The highest BCUT2D eigenvalue weighted by Gasteiger charge is 2.35. The Morgan fingerprint density at radius 2 is 2.07 bits per heavy atom. The number of nitrogens with one attached hydrogen (secondary N) is 1. The van der Waals surface area contributed by atoms with Crippen molar-refractivity contribution in [1.82, 2.24) is 19.9 Å². The Balaban J connectivity index is 1.71. The van der Waals surface area contributed by atoms with Gasteiger partial charge in [0.25, 0.3) is 0 Å². The number of pyridine rings is 2. The van der Waals surface area contributed by atoms with Crippen LogP contribution in [0.4, 0.5) is 16.0 Å². The quantitative estimate of drug-likeness (QED) is 0.628. The molecule has 1 unspecified atom stereocenters. The predicted octanol–water partition coefficient (Wildman–Crippen LogP) is 1.53. The summed E-state index contributed by atoms with van der Waals surface area (Å²) in [5, 5.41) is 2.07. The molecule has 0 saturated heterocycles. The molecule has 1 aliphatic heterocycles. The lowest BCUT2D eigenvalue weighted by Gasteiger charge is -2.24. The van der Waals surface area contributed by atoms with Gasteiger partial charge in [-0.05, 0) is 19.1 Å². The van der Waals surface area contributed by atoms with Crippen molar-refractivity contribution in [3.05, 3.63) is 42.1 Å². The molecular weight excluding hydrogens is 413 g/mol. The second-order valence-corrected chi connectivity index (χ2v) is 9.06. The normalized spacial score (nSPS) is 20.6. The van der Waals surface area contributed by atoms with Crippen molar-refractivity contribution in [1.29, 1.82) is 0 Å². The van der Waals surface area contributed by atoms with Crippen LogP contribution in [-0.2, 0) is 9.84 Å². The van der Waals surface area contributed by atoms with Gasteiger partial charge in [0.15, 0.2) is 15.7 Å². The van der Waals surface area contributed by atoms with Gasteiger partial charge < -0.3 is 15.8 Å². The first-order valence-electron chi connectivity index (χ1n) is 8.91. The topological polar surface area (TPSA) is 145 Å². The molecule has 1 aliphatic rings. The van der Waals surface area contributed by atoms with Crippen molar-refractivity contribution < 1.29 is 17.5 Å². The highest BCUT2D eigenvalue weighted by molar-refractivity contribution is 7.92. The maximum Gasteiger partial charge on any atom is 0.232 e. The first-order chi connectivity index (χ1) is 14.3. The zero-order valence-corrected chi connectivity index (χ0v) is 16.9. The minimum atomic E-state index is -3.54. The van der Waals surface area contributed by atoms with Crippen molar-refractivity contribution in [2.75, 3.05) is 18.2 Å². The summed E-state index contributed by atoms with van der Waals surface area (Å²) in [5.41, 5.74) is 6.83. The van der Waals surface area contributed by atoms with Gasteiger partial charge in [0.2, 0.25) is 5.88 Å². The smallest absolute Gasteiger partial charge is 0.232 e. The summed E-state index contributed by atoms with van der Waals surface area (Å²) >= 11 is 0. The SMILES string of the molecule is COc1cnc2c(Nc3cc([C@@H]4CS(=O)(=O)C(C)C(N)=N4)c(F)cn3)nccc2n1. The number of nitrogens with zero attached hydrogens (tertiary/aromatic N) is 5. The number of aliphatic imine (C=N–C) groups is 1. The molecule has 156 valence electrons. The molecule has 3 aromatic rings. The molecule has 3 N–H and O–H groups in total. The zero-order chi connectivity index (χ0) is 21.5. The Morgan fingerprint density at radius 3 is 2.80 bits per heavy atom. The Labute approximate surface area is 171 Å². The molecule has 4 rings (SSSR count). The third-order valence-electron chi connectivity index (χ3n) is 4.79. The molecule has 0 aliphatic carbocycles. The first kappa shape index (κ1) is 19.9. The molecule has 0 bridgehead atoms. The number of ether oxygens (including phenoxy) is 1. The number of hydrogen-bond acceptors (Lipinski definition) is 10. The number of nitrogens with two attached hydrogens (primary N) is 1. The van der Waals surface area contributed by atoms with Gasteiger partial charge in [0.1, 0.15) is 28.2 Å². The van der Waals surface area contributed by atoms with E-state index in [9.17, 15) is 12.8 Å². The lowest BCUT2D eigenvalue weighted by atomic mass is 10.1. The monoisotopic (exact) mass is 431 g/mol. The van der Waals surface area contributed by atoms with Crippen LogP contribution in [-0.4, -0.2) is 52.3 Å². The predicted molar refractivity (Wildman–Crippen MR) is 109 cm³/mol. The third-order valence-corrected chi connectivity index (χ3v) is 6.89. The van der Waals surface area contributed by atoms with Gasteiger partial charge in [-0.3, -0.25) is 4.99 Å². The van der Waals surface area contributed by atoms with E-state index in [1.807, 2.05) is 0 Å². The minimum absolute atomic E-state index is 0.0445. The number of anilines is 2. The Kier molecular flexibility index (Phi) is 4.94. The van der Waals surface area contributed by atoms with Crippen LogP contribution in [0.3, 0.4) is 0 Å². The van der Waals surface area contributed by atoms with Crippen LogP contribution in [0.15, 0.2) is 35.7 Å². The van der Waals surface area contributed by atoms with E-state index in [0.717, 1.165) is 6.20 Å². The van der Waals surface area contributed by atoms with E-state index in [-0.39, 0.29) is 23.0 Å². The van der Waals surface area contributed by atoms with E-state index < -0.39 is 26.9 Å². The molecule has 10 nitrogen and oxygen atoms in total. The fourth-order valence-corrected chi connectivity index (χ4v) is 4.46. The average molecular weight is 431 g/mol. The number of methoxy groups -OCH3 is 1. The van der Waals surface area contributed by atoms with Gasteiger partial charge in [-0.2, -0.15) is 0 Å². The Bertz CT molecular complexity index is 1270. The van der Waals surface area contributed by atoms with E-state index in [1.54, 1.807) is 6.07 Å². The van der Waals surface area contributed by atoms with Gasteiger partial charge >= 0.3 is 0 Å². The molecule has 0 aromatic carbocycles. The molecule has 0 radical (unpaired) electrons. The van der Waals surface area contributed by atoms with Crippen LogP contribution >= 0.6 is 0 Å². The molecule has 2 atom stereocenters. The van der Waals surface area contributed by atoms with Crippen LogP contribution in [0.25, 0.3) is 11.0 Å². The third kappa shape index (κ3) is 3.61. The van der Waals surface area contributed by atoms with Gasteiger partial charge in [0.05, 0.1) is 36.8 Å². The first-order valence-corrected chi connectivity index (χ1v) is 10.6. The van der Waals surface area contributed by atoms with Crippen LogP contribution in [0.2, 0.25) is 0 Å². The molecule has 0 amide bonds. The highest BCUT2D eigenvalue weighted by Crippen LogP contribution is 2.30. The van der Waals surface area contributed by atoms with Crippen molar-refractivity contribution >= 4 is 38.3 Å². The summed E-state index contributed by atoms with van der Waals surface area (Å²) in [4.78, 5) is 21.0. The van der Waals surface area contributed by atoms with Gasteiger partial charge in [-0.1, -0.05) is 0 Å². The van der Waals surface area contributed by atoms with Gasteiger partial charge in [-0.25, -0.2) is 32.7 Å². The molecule has 0 fully saturated rings. The summed E-state index contributed by atoms with van der Waals surface area (Å²) in [6.07, 6.45) is 3.97. The molecule has 0 saturated carbocycles.